The van der Waals surface area contributed by atoms with E-state index in [9.17, 15) is 9.50 Å². The van der Waals surface area contributed by atoms with Crippen LogP contribution in [0.25, 0.3) is 5.69 Å². The van der Waals surface area contributed by atoms with Crippen molar-refractivity contribution in [2.75, 3.05) is 0 Å². The Morgan fingerprint density at radius 1 is 1.56 bits per heavy atom. The Labute approximate surface area is 95.5 Å². The van der Waals surface area contributed by atoms with Gasteiger partial charge in [0.05, 0.1) is 18.0 Å². The topological polar surface area (TPSA) is 63.8 Å². The molecule has 7 heteroatoms. The molecule has 16 heavy (non-hydrogen) atoms. The number of halogens is 2. The van der Waals surface area contributed by atoms with Crippen LogP contribution in [0.3, 0.4) is 0 Å². The Balaban J connectivity index is 2.59. The lowest BCUT2D eigenvalue weighted by Crippen LogP contribution is -2.07. The molecule has 0 saturated carbocycles. The van der Waals surface area contributed by atoms with Gasteiger partial charge in [0.15, 0.2) is 11.0 Å². The lowest BCUT2D eigenvalue weighted by molar-refractivity contribution is 0.191. The molecule has 2 rings (SSSR count). The summed E-state index contributed by atoms with van der Waals surface area (Å²) in [6, 6.07) is 1.40. The van der Waals surface area contributed by atoms with Crippen molar-refractivity contribution in [1.82, 2.24) is 20.0 Å². The van der Waals surface area contributed by atoms with Crippen LogP contribution in [0.1, 0.15) is 18.7 Å². The fourth-order valence-electron chi connectivity index (χ4n) is 1.29. The molecule has 1 atom stereocenters. The van der Waals surface area contributed by atoms with Gasteiger partial charge in [0.25, 0.3) is 0 Å². The second-order valence-corrected chi connectivity index (χ2v) is 3.54. The van der Waals surface area contributed by atoms with Crippen molar-refractivity contribution in [3.8, 4) is 5.69 Å². The van der Waals surface area contributed by atoms with Gasteiger partial charge >= 0.3 is 0 Å². The van der Waals surface area contributed by atoms with E-state index >= 15 is 0 Å². The Morgan fingerprint density at radius 3 is 3.00 bits per heavy atom. The zero-order chi connectivity index (χ0) is 11.7. The number of aliphatic hydroxyl groups is 1. The number of pyridine rings is 1. The number of aliphatic hydroxyl groups excluding tert-OH is 1. The van der Waals surface area contributed by atoms with Gasteiger partial charge in [0, 0.05) is 6.20 Å². The maximum absolute atomic E-state index is 13.6. The van der Waals surface area contributed by atoms with Crippen LogP contribution in [0.4, 0.5) is 4.39 Å². The van der Waals surface area contributed by atoms with Crippen LogP contribution >= 0.6 is 11.6 Å². The lowest BCUT2D eigenvalue weighted by Gasteiger charge is -2.08. The third kappa shape index (κ3) is 1.77. The number of aromatic nitrogens is 4. The van der Waals surface area contributed by atoms with Crippen molar-refractivity contribution >= 4 is 11.6 Å². The zero-order valence-corrected chi connectivity index (χ0v) is 9.06. The maximum atomic E-state index is 13.6. The van der Waals surface area contributed by atoms with Crippen LogP contribution in [0.15, 0.2) is 18.5 Å². The molecule has 0 bridgehead atoms. The summed E-state index contributed by atoms with van der Waals surface area (Å²) in [4.78, 5) is 3.59. The van der Waals surface area contributed by atoms with E-state index in [0.717, 1.165) is 0 Å². The van der Waals surface area contributed by atoms with Crippen molar-refractivity contribution < 1.29 is 9.50 Å². The molecular weight excluding hydrogens is 235 g/mol. The largest absolute Gasteiger partial charge is 0.387 e. The molecule has 0 amide bonds. The zero-order valence-electron chi connectivity index (χ0n) is 8.30. The smallest absolute Gasteiger partial charge is 0.186 e. The average molecular weight is 243 g/mol. The Morgan fingerprint density at radius 2 is 2.31 bits per heavy atom. The van der Waals surface area contributed by atoms with E-state index in [-0.39, 0.29) is 10.8 Å². The van der Waals surface area contributed by atoms with Crippen LogP contribution in [0.2, 0.25) is 5.15 Å². The van der Waals surface area contributed by atoms with Crippen LogP contribution in [0, 0.1) is 5.82 Å². The molecule has 0 aliphatic heterocycles. The first-order valence-electron chi connectivity index (χ1n) is 4.50. The van der Waals surface area contributed by atoms with Crippen molar-refractivity contribution in [1.29, 1.82) is 0 Å². The second-order valence-electron chi connectivity index (χ2n) is 3.18. The van der Waals surface area contributed by atoms with Gasteiger partial charge < -0.3 is 5.11 Å². The number of rotatable bonds is 2. The Bertz CT molecular complexity index is 514. The fraction of sp³-hybridized carbons (Fsp3) is 0.222. The van der Waals surface area contributed by atoms with Crippen molar-refractivity contribution in [2.45, 2.75) is 13.0 Å². The highest BCUT2D eigenvalue weighted by molar-refractivity contribution is 6.29. The van der Waals surface area contributed by atoms with Gasteiger partial charge in [0.2, 0.25) is 0 Å². The molecule has 2 aromatic heterocycles. The molecule has 0 radical (unpaired) electrons. The fourth-order valence-corrected chi connectivity index (χ4v) is 1.44. The van der Waals surface area contributed by atoms with Gasteiger partial charge in [-0.2, -0.15) is 0 Å². The first-order valence-corrected chi connectivity index (χ1v) is 4.88. The third-order valence-corrected chi connectivity index (χ3v) is 2.32. The molecule has 0 saturated heterocycles. The van der Waals surface area contributed by atoms with Crippen LogP contribution in [0.5, 0.6) is 0 Å². The molecule has 0 aromatic carbocycles. The van der Waals surface area contributed by atoms with E-state index in [0.29, 0.717) is 5.69 Å². The quantitative estimate of drug-likeness (QED) is 0.811. The predicted octanol–water partition coefficient (Wildman–Crippen LogP) is 1.51. The lowest BCUT2D eigenvalue weighted by atomic mass is 10.3. The molecule has 5 nitrogen and oxygen atoms in total. The minimum Gasteiger partial charge on any atom is -0.387 e. The summed E-state index contributed by atoms with van der Waals surface area (Å²) in [6.07, 6.45) is 1.91. The molecule has 0 fully saturated rings. The molecule has 2 aromatic rings. The van der Waals surface area contributed by atoms with Gasteiger partial charge in [-0.3, -0.25) is 0 Å². The predicted molar refractivity (Wildman–Crippen MR) is 54.8 cm³/mol. The van der Waals surface area contributed by atoms with Crippen LogP contribution in [-0.2, 0) is 0 Å². The van der Waals surface area contributed by atoms with E-state index in [4.69, 9.17) is 11.6 Å². The van der Waals surface area contributed by atoms with E-state index in [1.54, 1.807) is 0 Å². The molecule has 2 heterocycles. The van der Waals surface area contributed by atoms with Gasteiger partial charge in [0.1, 0.15) is 5.69 Å². The summed E-state index contributed by atoms with van der Waals surface area (Å²) in [6.45, 7) is 1.54. The summed E-state index contributed by atoms with van der Waals surface area (Å²) >= 11 is 5.55. The van der Waals surface area contributed by atoms with E-state index in [1.165, 1.54) is 30.1 Å². The molecule has 1 N–H and O–H groups in total. The van der Waals surface area contributed by atoms with Crippen molar-refractivity contribution in [3.63, 3.8) is 0 Å². The molecule has 84 valence electrons. The molecule has 1 unspecified atom stereocenters. The van der Waals surface area contributed by atoms with Crippen molar-refractivity contribution in [3.05, 3.63) is 35.1 Å². The first kappa shape index (κ1) is 11.0. The SMILES string of the molecule is CC(O)c1cnnn1-c1ccnc(Cl)c1F. The van der Waals surface area contributed by atoms with E-state index in [2.05, 4.69) is 15.3 Å². The van der Waals surface area contributed by atoms with Crippen LogP contribution in [-0.4, -0.2) is 25.1 Å². The minimum absolute atomic E-state index is 0.105. The highest BCUT2D eigenvalue weighted by Crippen LogP contribution is 2.21. The highest BCUT2D eigenvalue weighted by atomic mass is 35.5. The third-order valence-electron chi connectivity index (χ3n) is 2.06. The molecule has 0 spiro atoms. The molecule has 0 aliphatic rings. The number of nitrogens with zero attached hydrogens (tertiary/aromatic N) is 4. The Kier molecular flexibility index (Phi) is 2.84. The minimum atomic E-state index is -0.804. The highest BCUT2D eigenvalue weighted by Gasteiger charge is 2.16. The van der Waals surface area contributed by atoms with E-state index < -0.39 is 11.9 Å². The maximum Gasteiger partial charge on any atom is 0.186 e. The monoisotopic (exact) mass is 242 g/mol. The van der Waals surface area contributed by atoms with Gasteiger partial charge in [-0.1, -0.05) is 16.8 Å². The van der Waals surface area contributed by atoms with Gasteiger partial charge in [-0.05, 0) is 13.0 Å². The molecule has 0 aliphatic carbocycles. The Hall–Kier alpha value is -1.53. The van der Waals surface area contributed by atoms with Crippen LogP contribution < -0.4 is 0 Å². The number of hydrogen-bond acceptors (Lipinski definition) is 4. The van der Waals surface area contributed by atoms with Gasteiger partial charge in [-0.15, -0.1) is 5.10 Å². The first-order chi connectivity index (χ1) is 7.61. The average Bonchev–Trinajstić information content (AvgIpc) is 2.70. The summed E-state index contributed by atoms with van der Waals surface area (Å²) in [5.74, 6) is -0.698. The standard InChI is InChI=1S/C9H8ClFN4O/c1-5(16)7-4-13-14-15(7)6-2-3-12-9(10)8(6)11/h2-5,16H,1H3. The number of hydrogen-bond donors (Lipinski definition) is 1. The van der Waals surface area contributed by atoms with Crippen molar-refractivity contribution in [2.24, 2.45) is 0 Å². The molecular formula is C9H8ClFN4O. The summed E-state index contributed by atoms with van der Waals surface area (Å²) < 4.78 is 14.8. The normalized spacial score (nSPS) is 12.8. The second kappa shape index (κ2) is 4.15. The summed E-state index contributed by atoms with van der Waals surface area (Å²) in [5.41, 5.74) is 0.481. The van der Waals surface area contributed by atoms with E-state index in [1.807, 2.05) is 0 Å². The summed E-state index contributed by atoms with van der Waals surface area (Å²) in [5, 5.41) is 16.5. The summed E-state index contributed by atoms with van der Waals surface area (Å²) in [7, 11) is 0. The van der Waals surface area contributed by atoms with Gasteiger partial charge in [-0.25, -0.2) is 14.1 Å².